The zero-order chi connectivity index (χ0) is 20.2. The van der Waals surface area contributed by atoms with E-state index in [1.54, 1.807) is 19.2 Å². The Balaban J connectivity index is 0.00000256. The summed E-state index contributed by atoms with van der Waals surface area (Å²) in [6, 6.07) is 10.6. The molecule has 0 spiro atoms. The van der Waals surface area contributed by atoms with Gasteiger partial charge in [0.15, 0.2) is 11.5 Å². The number of likely N-dealkylation sites (tertiary alicyclic amines) is 1. The van der Waals surface area contributed by atoms with Gasteiger partial charge in [-0.3, -0.25) is 0 Å². The molecule has 0 bridgehead atoms. The molecule has 4 rings (SSSR count). The predicted octanol–water partition coefficient (Wildman–Crippen LogP) is 4.87. The first-order valence-corrected chi connectivity index (χ1v) is 10.6. The van der Waals surface area contributed by atoms with E-state index in [0.29, 0.717) is 24.9 Å². The van der Waals surface area contributed by atoms with Gasteiger partial charge in [0.25, 0.3) is 0 Å². The molecule has 2 heterocycles. The topological polar surface area (TPSA) is 40.2 Å². The van der Waals surface area contributed by atoms with Gasteiger partial charge in [-0.15, -0.1) is 12.4 Å². The second kappa shape index (κ2) is 10.7. The Morgan fingerprint density at radius 1 is 1.17 bits per heavy atom. The summed E-state index contributed by atoms with van der Waals surface area (Å²) in [5.74, 6) is 2.55. The molecular weight excluding hydrogens is 477 g/mol. The zero-order valence-electron chi connectivity index (χ0n) is 16.8. The van der Waals surface area contributed by atoms with E-state index in [-0.39, 0.29) is 30.9 Å². The van der Waals surface area contributed by atoms with Crippen LogP contribution in [0.25, 0.3) is 0 Å². The van der Waals surface area contributed by atoms with Crippen molar-refractivity contribution >= 4 is 28.3 Å². The highest BCUT2D eigenvalue weighted by molar-refractivity contribution is 9.10. The highest BCUT2D eigenvalue weighted by Crippen LogP contribution is 2.41. The minimum atomic E-state index is -0.205. The third kappa shape index (κ3) is 5.38. The van der Waals surface area contributed by atoms with Crippen LogP contribution in [-0.2, 0) is 4.74 Å². The SMILES string of the molecule is COCCN1CC[C@@H](c2ccc(F)cc2)[C@H](COc2cc3c(cc2Br)OCO3)C1.Cl. The highest BCUT2D eigenvalue weighted by atomic mass is 79.9. The second-order valence-corrected chi connectivity index (χ2v) is 8.30. The summed E-state index contributed by atoms with van der Waals surface area (Å²) >= 11 is 3.56. The largest absolute Gasteiger partial charge is 0.492 e. The highest BCUT2D eigenvalue weighted by Gasteiger charge is 2.31. The van der Waals surface area contributed by atoms with Gasteiger partial charge in [-0.1, -0.05) is 12.1 Å². The monoisotopic (exact) mass is 501 g/mol. The second-order valence-electron chi connectivity index (χ2n) is 7.45. The number of ether oxygens (including phenoxy) is 4. The van der Waals surface area contributed by atoms with Crippen molar-refractivity contribution < 1.29 is 23.3 Å². The summed E-state index contributed by atoms with van der Waals surface area (Å²) in [6.45, 7) is 4.31. The number of piperidine rings is 1. The molecule has 1 saturated heterocycles. The standard InChI is InChI=1S/C22H25BrFNO4.ClH/c1-26-9-8-25-7-6-18(15-2-4-17(24)5-3-15)16(12-25)13-27-20-11-22-21(10-19(20)23)28-14-29-22;/h2-5,10-11,16,18H,6-9,12-14H2,1H3;1H/t16-,18-;/m0./s1. The van der Waals surface area contributed by atoms with Gasteiger partial charge in [0, 0.05) is 38.2 Å². The Labute approximate surface area is 191 Å². The van der Waals surface area contributed by atoms with Gasteiger partial charge in [0.2, 0.25) is 6.79 Å². The Morgan fingerprint density at radius 2 is 1.90 bits per heavy atom. The maximum absolute atomic E-state index is 13.4. The van der Waals surface area contributed by atoms with E-state index in [4.69, 9.17) is 18.9 Å². The molecule has 1 fully saturated rings. The van der Waals surface area contributed by atoms with Crippen LogP contribution in [0.3, 0.4) is 0 Å². The molecule has 0 radical (unpaired) electrons. The van der Waals surface area contributed by atoms with Gasteiger partial charge in [-0.2, -0.15) is 0 Å². The van der Waals surface area contributed by atoms with Crippen LogP contribution in [0.2, 0.25) is 0 Å². The van der Waals surface area contributed by atoms with E-state index in [1.807, 2.05) is 24.3 Å². The van der Waals surface area contributed by atoms with Crippen LogP contribution in [0.15, 0.2) is 40.9 Å². The van der Waals surface area contributed by atoms with E-state index in [0.717, 1.165) is 47.6 Å². The van der Waals surface area contributed by atoms with Crippen molar-refractivity contribution in [2.45, 2.75) is 12.3 Å². The van der Waals surface area contributed by atoms with Gasteiger partial charge in [0.1, 0.15) is 11.6 Å². The summed E-state index contributed by atoms with van der Waals surface area (Å²) in [4.78, 5) is 2.41. The molecule has 0 amide bonds. The zero-order valence-corrected chi connectivity index (χ0v) is 19.2. The minimum absolute atomic E-state index is 0. The summed E-state index contributed by atoms with van der Waals surface area (Å²) in [7, 11) is 1.73. The molecule has 0 unspecified atom stereocenters. The molecule has 2 atom stereocenters. The molecule has 2 aromatic carbocycles. The minimum Gasteiger partial charge on any atom is -0.492 e. The van der Waals surface area contributed by atoms with Crippen LogP contribution in [0.1, 0.15) is 17.9 Å². The normalized spacial score (nSPS) is 20.6. The molecule has 0 saturated carbocycles. The van der Waals surface area contributed by atoms with Crippen molar-refractivity contribution in [2.24, 2.45) is 5.92 Å². The Kier molecular flexibility index (Phi) is 8.22. The number of hydrogen-bond donors (Lipinski definition) is 0. The third-order valence-electron chi connectivity index (χ3n) is 5.61. The number of halogens is 3. The van der Waals surface area contributed by atoms with Crippen LogP contribution in [0.4, 0.5) is 4.39 Å². The number of benzene rings is 2. The average molecular weight is 503 g/mol. The van der Waals surface area contributed by atoms with Crippen LogP contribution in [0.5, 0.6) is 17.2 Å². The van der Waals surface area contributed by atoms with Gasteiger partial charge < -0.3 is 23.8 Å². The molecule has 164 valence electrons. The number of methoxy groups -OCH3 is 1. The van der Waals surface area contributed by atoms with Gasteiger partial charge >= 0.3 is 0 Å². The molecule has 2 aliphatic heterocycles. The molecule has 2 aliphatic rings. The van der Waals surface area contributed by atoms with Crippen molar-refractivity contribution in [3.8, 4) is 17.2 Å². The number of hydrogen-bond acceptors (Lipinski definition) is 5. The number of rotatable bonds is 7. The Morgan fingerprint density at radius 3 is 2.63 bits per heavy atom. The first-order valence-electron chi connectivity index (χ1n) is 9.82. The summed E-state index contributed by atoms with van der Waals surface area (Å²) in [5, 5.41) is 0. The molecular formula is C22H26BrClFNO4. The van der Waals surface area contributed by atoms with Crippen LogP contribution in [-0.4, -0.2) is 51.7 Å². The first-order chi connectivity index (χ1) is 14.1. The van der Waals surface area contributed by atoms with E-state index in [9.17, 15) is 4.39 Å². The summed E-state index contributed by atoms with van der Waals surface area (Å²) in [5.41, 5.74) is 1.16. The van der Waals surface area contributed by atoms with Gasteiger partial charge in [0.05, 0.1) is 17.7 Å². The van der Waals surface area contributed by atoms with E-state index < -0.39 is 0 Å². The smallest absolute Gasteiger partial charge is 0.231 e. The van der Waals surface area contributed by atoms with Crippen LogP contribution >= 0.6 is 28.3 Å². The van der Waals surface area contributed by atoms with Gasteiger partial charge in [-0.05, 0) is 52.5 Å². The molecule has 5 nitrogen and oxygen atoms in total. The van der Waals surface area contributed by atoms with Crippen molar-refractivity contribution in [3.63, 3.8) is 0 Å². The van der Waals surface area contributed by atoms with E-state index in [2.05, 4.69) is 20.8 Å². The van der Waals surface area contributed by atoms with Crippen molar-refractivity contribution in [1.82, 2.24) is 4.90 Å². The predicted molar refractivity (Wildman–Crippen MR) is 119 cm³/mol. The van der Waals surface area contributed by atoms with Gasteiger partial charge in [-0.25, -0.2) is 4.39 Å². The maximum atomic E-state index is 13.4. The molecule has 30 heavy (non-hydrogen) atoms. The Bertz CT molecular complexity index is 839. The van der Waals surface area contributed by atoms with Crippen molar-refractivity contribution in [1.29, 1.82) is 0 Å². The quantitative estimate of drug-likeness (QED) is 0.540. The van der Waals surface area contributed by atoms with E-state index in [1.165, 1.54) is 0 Å². The molecule has 2 aromatic rings. The summed E-state index contributed by atoms with van der Waals surface area (Å²) < 4.78 is 36.6. The average Bonchev–Trinajstić information content (AvgIpc) is 3.18. The molecule has 0 aromatic heterocycles. The lowest BCUT2D eigenvalue weighted by molar-refractivity contribution is 0.0831. The fourth-order valence-corrected chi connectivity index (χ4v) is 4.49. The first kappa shape index (κ1) is 23.1. The number of fused-ring (bicyclic) bond motifs is 1. The van der Waals surface area contributed by atoms with Crippen LogP contribution in [0, 0.1) is 11.7 Å². The summed E-state index contributed by atoms with van der Waals surface area (Å²) in [6.07, 6.45) is 1.01. The van der Waals surface area contributed by atoms with Crippen molar-refractivity contribution in [3.05, 3.63) is 52.3 Å². The van der Waals surface area contributed by atoms with Crippen molar-refractivity contribution in [2.75, 3.05) is 46.8 Å². The third-order valence-corrected chi connectivity index (χ3v) is 6.23. The number of nitrogens with zero attached hydrogens (tertiary/aromatic N) is 1. The molecule has 0 aliphatic carbocycles. The Hall–Kier alpha value is -1.54. The molecule has 8 heteroatoms. The lowest BCUT2D eigenvalue weighted by atomic mass is 9.81. The molecule has 0 N–H and O–H groups in total. The van der Waals surface area contributed by atoms with Crippen LogP contribution < -0.4 is 14.2 Å². The fourth-order valence-electron chi connectivity index (χ4n) is 4.05. The fraction of sp³-hybridized carbons (Fsp3) is 0.455. The lowest BCUT2D eigenvalue weighted by Crippen LogP contribution is -2.43. The maximum Gasteiger partial charge on any atom is 0.231 e. The lowest BCUT2D eigenvalue weighted by Gasteiger charge is -2.38. The van der Waals surface area contributed by atoms with E-state index >= 15 is 0 Å².